The fourth-order valence-electron chi connectivity index (χ4n) is 8.07. The number of aliphatic hydroxyl groups excluding tert-OH is 2. The molecule has 4 heteroatoms. The van der Waals surface area contributed by atoms with Crippen LogP contribution < -0.4 is 5.32 Å². The molecule has 4 nitrogen and oxygen atoms in total. The fourth-order valence-corrected chi connectivity index (χ4v) is 8.07. The number of nitrogens with one attached hydrogen (secondary N) is 1. The number of hydrogen-bond acceptors (Lipinski definition) is 3. The van der Waals surface area contributed by atoms with Crippen molar-refractivity contribution < 1.29 is 15.0 Å². The van der Waals surface area contributed by atoms with Gasteiger partial charge in [-0.05, 0) is 12.8 Å². The van der Waals surface area contributed by atoms with Gasteiger partial charge in [0.2, 0.25) is 5.91 Å². The lowest BCUT2D eigenvalue weighted by molar-refractivity contribution is -0.123. The minimum Gasteiger partial charge on any atom is -0.394 e. The van der Waals surface area contributed by atoms with Crippen molar-refractivity contribution in [1.82, 2.24) is 5.32 Å². The summed E-state index contributed by atoms with van der Waals surface area (Å²) < 4.78 is 0. The van der Waals surface area contributed by atoms with Crippen LogP contribution in [-0.4, -0.2) is 34.9 Å². The van der Waals surface area contributed by atoms with E-state index in [1.54, 1.807) is 0 Å². The van der Waals surface area contributed by atoms with Crippen molar-refractivity contribution in [3.05, 3.63) is 0 Å². The van der Waals surface area contributed by atoms with Gasteiger partial charge < -0.3 is 15.5 Å². The summed E-state index contributed by atoms with van der Waals surface area (Å²) in [5, 5.41) is 23.3. The van der Waals surface area contributed by atoms with Crippen molar-refractivity contribution in [1.29, 1.82) is 0 Å². The Morgan fingerprint density at radius 2 is 0.604 bits per heavy atom. The van der Waals surface area contributed by atoms with Gasteiger partial charge in [-0.1, -0.05) is 271 Å². The summed E-state index contributed by atoms with van der Waals surface area (Å²) in [4.78, 5) is 12.4. The summed E-state index contributed by atoms with van der Waals surface area (Å²) in [5.41, 5.74) is 0. The summed E-state index contributed by atoms with van der Waals surface area (Å²) in [5.74, 6) is -0.0244. The summed E-state index contributed by atoms with van der Waals surface area (Å²) in [6.07, 6.45) is 56.3. The van der Waals surface area contributed by atoms with Gasteiger partial charge in [0, 0.05) is 6.42 Å². The molecule has 0 saturated carbocycles. The van der Waals surface area contributed by atoms with E-state index in [4.69, 9.17) is 0 Å². The van der Waals surface area contributed by atoms with Gasteiger partial charge in [0.1, 0.15) is 0 Å². The predicted molar refractivity (Wildman–Crippen MR) is 235 cm³/mol. The van der Waals surface area contributed by atoms with E-state index in [1.165, 1.54) is 238 Å². The fraction of sp³-hybridized carbons (Fsp3) is 0.980. The first-order valence-corrected chi connectivity index (χ1v) is 24.7. The second-order valence-corrected chi connectivity index (χ2v) is 17.3. The predicted octanol–water partition coefficient (Wildman–Crippen LogP) is 15.6. The highest BCUT2D eigenvalue weighted by atomic mass is 16.3. The number of unbranched alkanes of at least 4 members (excludes halogenated alkanes) is 39. The Labute approximate surface area is 334 Å². The van der Waals surface area contributed by atoms with Crippen LogP contribution in [0.3, 0.4) is 0 Å². The van der Waals surface area contributed by atoms with Gasteiger partial charge in [-0.2, -0.15) is 0 Å². The smallest absolute Gasteiger partial charge is 0.220 e. The molecule has 0 aliphatic carbocycles. The van der Waals surface area contributed by atoms with E-state index >= 15 is 0 Å². The average Bonchev–Trinajstić information content (AvgIpc) is 3.16. The summed E-state index contributed by atoms with van der Waals surface area (Å²) in [7, 11) is 0. The van der Waals surface area contributed by atoms with Crippen LogP contribution in [0.4, 0.5) is 0 Å². The quantitative estimate of drug-likeness (QED) is 0.0543. The molecule has 2 unspecified atom stereocenters. The summed E-state index contributed by atoms with van der Waals surface area (Å²) >= 11 is 0. The molecule has 3 N–H and O–H groups in total. The Bertz CT molecular complexity index is 685. The lowest BCUT2D eigenvalue weighted by Crippen LogP contribution is -2.45. The van der Waals surface area contributed by atoms with E-state index in [0.29, 0.717) is 12.8 Å². The lowest BCUT2D eigenvalue weighted by atomic mass is 10.0. The van der Waals surface area contributed by atoms with Crippen molar-refractivity contribution in [3.63, 3.8) is 0 Å². The molecule has 53 heavy (non-hydrogen) atoms. The highest BCUT2D eigenvalue weighted by Gasteiger charge is 2.20. The number of hydrogen-bond donors (Lipinski definition) is 3. The maximum absolute atomic E-state index is 12.4. The Balaban J connectivity index is 3.43. The number of aliphatic hydroxyl groups is 2. The zero-order valence-electron chi connectivity index (χ0n) is 36.6. The molecule has 0 saturated heterocycles. The van der Waals surface area contributed by atoms with E-state index in [-0.39, 0.29) is 12.5 Å². The normalized spacial score (nSPS) is 12.8. The van der Waals surface area contributed by atoms with Gasteiger partial charge in [0.05, 0.1) is 18.8 Å². The third-order valence-corrected chi connectivity index (χ3v) is 11.9. The maximum Gasteiger partial charge on any atom is 0.220 e. The number of carbonyl (C=O) groups is 1. The first-order valence-electron chi connectivity index (χ1n) is 24.7. The van der Waals surface area contributed by atoms with E-state index in [9.17, 15) is 15.0 Å². The molecule has 0 heterocycles. The molecule has 0 aromatic rings. The summed E-state index contributed by atoms with van der Waals surface area (Å²) in [6, 6.07) is -0.530. The van der Waals surface area contributed by atoms with Gasteiger partial charge in [-0.25, -0.2) is 0 Å². The monoisotopic (exact) mass is 750 g/mol. The Kier molecular flexibility index (Phi) is 45.3. The lowest BCUT2D eigenvalue weighted by Gasteiger charge is -2.22. The first-order chi connectivity index (χ1) is 26.2. The molecule has 0 aromatic carbocycles. The van der Waals surface area contributed by atoms with Crippen LogP contribution in [0.15, 0.2) is 0 Å². The molecule has 0 bridgehead atoms. The zero-order chi connectivity index (χ0) is 38.6. The van der Waals surface area contributed by atoms with Crippen molar-refractivity contribution in [3.8, 4) is 0 Å². The Morgan fingerprint density at radius 3 is 0.849 bits per heavy atom. The highest BCUT2D eigenvalue weighted by Crippen LogP contribution is 2.18. The average molecular weight is 750 g/mol. The van der Waals surface area contributed by atoms with Gasteiger partial charge in [0.15, 0.2) is 0 Å². The van der Waals surface area contributed by atoms with Crippen LogP contribution in [0.5, 0.6) is 0 Å². The van der Waals surface area contributed by atoms with Crippen molar-refractivity contribution >= 4 is 5.91 Å². The SMILES string of the molecule is CCCCCCCCCCCCCCCCCCCCCCCCCCC(O)C(CO)NC(=O)CCCCCCCCCCCCCCCCCCC. The molecule has 0 aliphatic rings. The van der Waals surface area contributed by atoms with Gasteiger partial charge in [0.25, 0.3) is 0 Å². The second-order valence-electron chi connectivity index (χ2n) is 17.3. The highest BCUT2D eigenvalue weighted by molar-refractivity contribution is 5.76. The van der Waals surface area contributed by atoms with Crippen LogP contribution in [0, 0.1) is 0 Å². The van der Waals surface area contributed by atoms with Crippen molar-refractivity contribution in [2.24, 2.45) is 0 Å². The number of rotatable bonds is 46. The minimum atomic E-state index is -0.654. The molecular formula is C49H99NO3. The maximum atomic E-state index is 12.4. The third-order valence-electron chi connectivity index (χ3n) is 11.9. The second kappa shape index (κ2) is 45.8. The molecule has 0 radical (unpaired) electrons. The Morgan fingerprint density at radius 1 is 0.377 bits per heavy atom. The van der Waals surface area contributed by atoms with Gasteiger partial charge >= 0.3 is 0 Å². The standard InChI is InChI=1S/C49H99NO3/c1-3-5-7-9-11-13-15-17-19-21-22-23-24-25-26-27-29-30-32-34-36-38-40-42-44-48(52)47(46-51)50-49(53)45-43-41-39-37-35-33-31-28-20-18-16-14-12-10-8-6-4-2/h47-48,51-52H,3-46H2,1-2H3,(H,50,53). The first kappa shape index (κ1) is 52.4. The Hall–Kier alpha value is -0.610. The van der Waals surface area contributed by atoms with Gasteiger partial charge in [-0.3, -0.25) is 4.79 Å². The van der Waals surface area contributed by atoms with Crippen molar-refractivity contribution in [2.75, 3.05) is 6.61 Å². The van der Waals surface area contributed by atoms with E-state index < -0.39 is 12.1 Å². The molecule has 1 amide bonds. The molecule has 318 valence electrons. The van der Waals surface area contributed by atoms with E-state index in [2.05, 4.69) is 19.2 Å². The van der Waals surface area contributed by atoms with E-state index in [1.807, 2.05) is 0 Å². The summed E-state index contributed by atoms with van der Waals surface area (Å²) in [6.45, 7) is 4.39. The molecule has 0 aromatic heterocycles. The zero-order valence-corrected chi connectivity index (χ0v) is 36.6. The number of amides is 1. The van der Waals surface area contributed by atoms with Crippen LogP contribution in [0.25, 0.3) is 0 Å². The molecule has 0 rings (SSSR count). The molecule has 2 atom stereocenters. The minimum absolute atomic E-state index is 0.0244. The molecule has 0 fully saturated rings. The van der Waals surface area contributed by atoms with E-state index in [0.717, 1.165) is 25.7 Å². The third kappa shape index (κ3) is 42.4. The topological polar surface area (TPSA) is 69.6 Å². The van der Waals surface area contributed by atoms with Crippen molar-refractivity contribution in [2.45, 2.75) is 302 Å². The molecular weight excluding hydrogens is 651 g/mol. The van der Waals surface area contributed by atoms with Crippen LogP contribution in [-0.2, 0) is 4.79 Å². The van der Waals surface area contributed by atoms with Crippen LogP contribution in [0.2, 0.25) is 0 Å². The van der Waals surface area contributed by atoms with Gasteiger partial charge in [-0.15, -0.1) is 0 Å². The molecule has 0 spiro atoms. The molecule has 0 aliphatic heterocycles. The largest absolute Gasteiger partial charge is 0.394 e. The number of carbonyl (C=O) groups excluding carboxylic acids is 1. The van der Waals surface area contributed by atoms with Crippen LogP contribution >= 0.6 is 0 Å². The van der Waals surface area contributed by atoms with Crippen LogP contribution in [0.1, 0.15) is 290 Å².